The van der Waals surface area contributed by atoms with Crippen molar-refractivity contribution < 1.29 is 0 Å². The van der Waals surface area contributed by atoms with Crippen LogP contribution in [0.2, 0.25) is 0 Å². The van der Waals surface area contributed by atoms with Crippen LogP contribution in [0.5, 0.6) is 0 Å². The number of amidine groups is 1. The van der Waals surface area contributed by atoms with Gasteiger partial charge in [0.05, 0.1) is 0 Å². The van der Waals surface area contributed by atoms with Crippen molar-refractivity contribution in [3.63, 3.8) is 0 Å². The molecule has 0 aromatic heterocycles. The third-order valence-corrected chi connectivity index (χ3v) is 0.672. The number of nitrogens with zero attached hydrogens (tertiary/aromatic N) is 1. The van der Waals surface area contributed by atoms with E-state index in [1.165, 1.54) is 0 Å². The molecule has 4 N–H and O–H groups in total. The van der Waals surface area contributed by atoms with Crippen LogP contribution < -0.4 is 11.6 Å². The lowest BCUT2D eigenvalue weighted by Gasteiger charge is -1.89. The van der Waals surface area contributed by atoms with Crippen molar-refractivity contribution in [1.29, 1.82) is 0 Å². The summed E-state index contributed by atoms with van der Waals surface area (Å²) in [6, 6.07) is 0. The van der Waals surface area contributed by atoms with Crippen molar-refractivity contribution in [2.45, 2.75) is 19.8 Å². The molecule has 0 unspecified atom stereocenters. The van der Waals surface area contributed by atoms with Gasteiger partial charge in [0.1, 0.15) is 5.84 Å². The molecule has 0 rings (SSSR count). The van der Waals surface area contributed by atoms with Crippen molar-refractivity contribution >= 4 is 5.84 Å². The Bertz CT molecular complexity index is 67.3. The van der Waals surface area contributed by atoms with Gasteiger partial charge in [-0.3, -0.25) is 0 Å². The highest BCUT2D eigenvalue weighted by Gasteiger charge is 1.83. The Morgan fingerprint density at radius 3 is 2.43 bits per heavy atom. The Kier molecular flexibility index (Phi) is 3.10. The van der Waals surface area contributed by atoms with Gasteiger partial charge in [-0.2, -0.15) is 5.10 Å². The summed E-state index contributed by atoms with van der Waals surface area (Å²) < 4.78 is 0. The molecule has 3 heteroatoms. The normalized spacial score (nSPS) is 11.9. The molecular weight excluding hydrogens is 90.1 g/mol. The topological polar surface area (TPSA) is 64.4 Å². The van der Waals surface area contributed by atoms with Crippen molar-refractivity contribution in [2.24, 2.45) is 16.7 Å². The minimum Gasteiger partial charge on any atom is -0.386 e. The van der Waals surface area contributed by atoms with Crippen LogP contribution >= 0.6 is 0 Å². The van der Waals surface area contributed by atoms with Crippen LogP contribution in [0.3, 0.4) is 0 Å². The van der Waals surface area contributed by atoms with E-state index in [1.54, 1.807) is 0 Å². The maximum Gasteiger partial charge on any atom is 0.119 e. The Morgan fingerprint density at radius 2 is 2.29 bits per heavy atom. The summed E-state index contributed by atoms with van der Waals surface area (Å²) >= 11 is 0. The smallest absolute Gasteiger partial charge is 0.119 e. The first-order valence-corrected chi connectivity index (χ1v) is 2.33. The summed E-state index contributed by atoms with van der Waals surface area (Å²) in [6.45, 7) is 2.03. The maximum atomic E-state index is 5.21. The molecule has 0 fully saturated rings. The summed E-state index contributed by atoms with van der Waals surface area (Å²) in [6.07, 6.45) is 1.81. The predicted molar refractivity (Wildman–Crippen MR) is 30.7 cm³/mol. The summed E-state index contributed by atoms with van der Waals surface area (Å²) in [4.78, 5) is 0. The van der Waals surface area contributed by atoms with E-state index in [9.17, 15) is 0 Å². The van der Waals surface area contributed by atoms with Gasteiger partial charge in [-0.15, -0.1) is 0 Å². The molecule has 0 aliphatic heterocycles. The van der Waals surface area contributed by atoms with E-state index in [-0.39, 0.29) is 0 Å². The SMILES string of the molecule is CCC/C(N)=N/N. The fourth-order valence-electron chi connectivity index (χ4n) is 0.321. The minimum atomic E-state index is 0.530. The van der Waals surface area contributed by atoms with Gasteiger partial charge in [-0.25, -0.2) is 0 Å². The average Bonchev–Trinajstić information content (AvgIpc) is 1.68. The predicted octanol–water partition coefficient (Wildman–Crippen LogP) is 0.0174. The van der Waals surface area contributed by atoms with Gasteiger partial charge in [0.2, 0.25) is 0 Å². The number of hydrazone groups is 1. The van der Waals surface area contributed by atoms with Crippen molar-refractivity contribution in [3.8, 4) is 0 Å². The Labute approximate surface area is 43.4 Å². The molecule has 0 saturated carbocycles. The van der Waals surface area contributed by atoms with E-state index in [1.807, 2.05) is 6.92 Å². The summed E-state index contributed by atoms with van der Waals surface area (Å²) in [5.74, 6) is 5.35. The largest absolute Gasteiger partial charge is 0.386 e. The lowest BCUT2D eigenvalue weighted by molar-refractivity contribution is 0.972. The fraction of sp³-hybridized carbons (Fsp3) is 0.750. The van der Waals surface area contributed by atoms with Gasteiger partial charge in [0.25, 0.3) is 0 Å². The van der Waals surface area contributed by atoms with Gasteiger partial charge in [0.15, 0.2) is 0 Å². The average molecular weight is 101 g/mol. The van der Waals surface area contributed by atoms with Crippen LogP contribution in [0.15, 0.2) is 5.10 Å². The van der Waals surface area contributed by atoms with Crippen LogP contribution in [0.1, 0.15) is 19.8 Å². The first kappa shape index (κ1) is 6.27. The summed E-state index contributed by atoms with van der Waals surface area (Å²) in [7, 11) is 0. The Hall–Kier alpha value is -0.730. The highest BCUT2D eigenvalue weighted by atomic mass is 15.1. The molecule has 0 bridgehead atoms. The molecule has 0 heterocycles. The number of hydrogen-bond donors (Lipinski definition) is 2. The number of hydrogen-bond acceptors (Lipinski definition) is 2. The standard InChI is InChI=1S/C4H11N3/c1-2-3-4(5)7-6/h2-3,6H2,1H3,(H2,5,7). The van der Waals surface area contributed by atoms with Crippen LogP contribution in [0.25, 0.3) is 0 Å². The zero-order valence-electron chi connectivity index (χ0n) is 4.52. The van der Waals surface area contributed by atoms with Crippen LogP contribution in [-0.2, 0) is 0 Å². The minimum absolute atomic E-state index is 0.530. The number of nitrogens with two attached hydrogens (primary N) is 2. The lowest BCUT2D eigenvalue weighted by atomic mass is 10.3. The molecular formula is C4H11N3. The first-order valence-electron chi connectivity index (χ1n) is 2.33. The van der Waals surface area contributed by atoms with Gasteiger partial charge in [0, 0.05) is 6.42 Å². The second kappa shape index (κ2) is 3.46. The highest BCUT2D eigenvalue weighted by Crippen LogP contribution is 1.82. The van der Waals surface area contributed by atoms with Crippen LogP contribution in [-0.4, -0.2) is 5.84 Å². The van der Waals surface area contributed by atoms with Crippen LogP contribution in [0, 0.1) is 0 Å². The van der Waals surface area contributed by atoms with E-state index in [2.05, 4.69) is 5.10 Å². The van der Waals surface area contributed by atoms with E-state index >= 15 is 0 Å². The molecule has 0 saturated heterocycles. The van der Waals surface area contributed by atoms with Crippen molar-refractivity contribution in [3.05, 3.63) is 0 Å². The zero-order chi connectivity index (χ0) is 5.70. The Balaban J connectivity index is 3.17. The van der Waals surface area contributed by atoms with E-state index < -0.39 is 0 Å². The zero-order valence-corrected chi connectivity index (χ0v) is 4.52. The van der Waals surface area contributed by atoms with Gasteiger partial charge < -0.3 is 11.6 Å². The summed E-state index contributed by atoms with van der Waals surface area (Å²) in [5.41, 5.74) is 5.21. The van der Waals surface area contributed by atoms with E-state index in [0.717, 1.165) is 12.8 Å². The van der Waals surface area contributed by atoms with Crippen molar-refractivity contribution in [1.82, 2.24) is 0 Å². The highest BCUT2D eigenvalue weighted by molar-refractivity contribution is 5.79. The summed E-state index contributed by atoms with van der Waals surface area (Å²) in [5, 5.41) is 3.27. The Morgan fingerprint density at radius 1 is 1.71 bits per heavy atom. The number of rotatable bonds is 2. The van der Waals surface area contributed by atoms with Gasteiger partial charge in [-0.05, 0) is 6.42 Å². The van der Waals surface area contributed by atoms with Gasteiger partial charge >= 0.3 is 0 Å². The maximum absolute atomic E-state index is 5.21. The van der Waals surface area contributed by atoms with Gasteiger partial charge in [-0.1, -0.05) is 6.92 Å². The lowest BCUT2D eigenvalue weighted by Crippen LogP contribution is -2.12. The first-order chi connectivity index (χ1) is 3.31. The fourth-order valence-corrected chi connectivity index (χ4v) is 0.321. The molecule has 0 aromatic carbocycles. The molecule has 0 amide bonds. The second-order valence-electron chi connectivity index (χ2n) is 1.37. The molecule has 3 nitrogen and oxygen atoms in total. The quantitative estimate of drug-likeness (QED) is 0.223. The third-order valence-electron chi connectivity index (χ3n) is 0.672. The third kappa shape index (κ3) is 3.09. The second-order valence-corrected chi connectivity index (χ2v) is 1.37. The molecule has 7 heavy (non-hydrogen) atoms. The molecule has 0 aliphatic carbocycles. The molecule has 0 atom stereocenters. The van der Waals surface area contributed by atoms with Crippen LogP contribution in [0.4, 0.5) is 0 Å². The molecule has 42 valence electrons. The van der Waals surface area contributed by atoms with E-state index in [4.69, 9.17) is 11.6 Å². The van der Waals surface area contributed by atoms with Crippen molar-refractivity contribution in [2.75, 3.05) is 0 Å². The van der Waals surface area contributed by atoms with E-state index in [0.29, 0.717) is 5.84 Å². The molecule has 0 radical (unpaired) electrons. The monoisotopic (exact) mass is 101 g/mol. The molecule has 0 aliphatic rings. The molecule has 0 spiro atoms. The molecule has 0 aromatic rings.